The van der Waals surface area contributed by atoms with Gasteiger partial charge < -0.3 is 4.74 Å². The summed E-state index contributed by atoms with van der Waals surface area (Å²) in [4.78, 5) is 38.3. The van der Waals surface area contributed by atoms with E-state index in [0.29, 0.717) is 21.4 Å². The number of barbiturate groups is 1. The number of carbonyl (C=O) groups excluding carboxylic acids is 3. The maximum atomic E-state index is 13.2. The Hall–Kier alpha value is -2.95. The Balaban J connectivity index is 1.55. The number of ether oxygens (including phenoxy) is 1. The number of rotatable bonds is 5. The van der Waals surface area contributed by atoms with Gasteiger partial charge in [-0.1, -0.05) is 35.3 Å². The van der Waals surface area contributed by atoms with Gasteiger partial charge in [-0.3, -0.25) is 14.9 Å². The van der Waals surface area contributed by atoms with Crippen molar-refractivity contribution >= 4 is 75.4 Å². The average Bonchev–Trinajstić information content (AvgIpc) is 2.78. The van der Waals surface area contributed by atoms with Crippen LogP contribution in [0.2, 0.25) is 10.0 Å². The van der Waals surface area contributed by atoms with E-state index >= 15 is 0 Å². The quantitative estimate of drug-likeness (QED) is 0.219. The lowest BCUT2D eigenvalue weighted by Gasteiger charge is -2.26. The largest absolute Gasteiger partial charge is 0.488 e. The molecule has 4 rings (SSSR count). The van der Waals surface area contributed by atoms with E-state index < -0.39 is 23.7 Å². The summed E-state index contributed by atoms with van der Waals surface area (Å²) in [7, 11) is 0. The molecule has 0 aliphatic carbocycles. The summed E-state index contributed by atoms with van der Waals surface area (Å²) < 4.78 is 19.8. The topological polar surface area (TPSA) is 75.7 Å². The van der Waals surface area contributed by atoms with Crippen molar-refractivity contribution in [2.24, 2.45) is 0 Å². The minimum Gasteiger partial charge on any atom is -0.488 e. The summed E-state index contributed by atoms with van der Waals surface area (Å²) in [6.07, 6.45) is 1.38. The lowest BCUT2D eigenvalue weighted by atomic mass is 10.1. The molecule has 1 aliphatic rings. The highest BCUT2D eigenvalue weighted by molar-refractivity contribution is 14.1. The third kappa shape index (κ3) is 5.24. The van der Waals surface area contributed by atoms with Gasteiger partial charge in [-0.15, -0.1) is 0 Å². The van der Waals surface area contributed by atoms with E-state index in [1.165, 1.54) is 18.2 Å². The Morgan fingerprint density at radius 2 is 1.74 bits per heavy atom. The number of carbonyl (C=O) groups is 3. The predicted octanol–water partition coefficient (Wildman–Crippen LogP) is 5.98. The summed E-state index contributed by atoms with van der Waals surface area (Å²) in [6, 6.07) is 14.1. The molecule has 6 nitrogen and oxygen atoms in total. The van der Waals surface area contributed by atoms with E-state index in [9.17, 15) is 18.8 Å². The zero-order chi connectivity index (χ0) is 24.4. The fourth-order valence-corrected chi connectivity index (χ4v) is 4.33. The van der Waals surface area contributed by atoms with E-state index in [-0.39, 0.29) is 17.9 Å². The van der Waals surface area contributed by atoms with Gasteiger partial charge in [-0.25, -0.2) is 14.1 Å². The number of urea groups is 1. The third-order valence-corrected chi connectivity index (χ3v) is 6.28. The summed E-state index contributed by atoms with van der Waals surface area (Å²) in [6.45, 7) is 0.224. The van der Waals surface area contributed by atoms with Crippen LogP contribution in [0.5, 0.6) is 5.75 Å². The first kappa shape index (κ1) is 24.2. The van der Waals surface area contributed by atoms with Crippen LogP contribution in [-0.2, 0) is 16.2 Å². The molecule has 3 aromatic carbocycles. The molecule has 0 atom stereocenters. The Morgan fingerprint density at radius 3 is 2.41 bits per heavy atom. The third-order valence-electron chi connectivity index (χ3n) is 4.85. The van der Waals surface area contributed by atoms with Crippen molar-refractivity contribution in [3.63, 3.8) is 0 Å². The highest BCUT2D eigenvalue weighted by atomic mass is 127. The molecule has 1 aliphatic heterocycles. The van der Waals surface area contributed by atoms with Crippen molar-refractivity contribution in [3.8, 4) is 5.75 Å². The van der Waals surface area contributed by atoms with Gasteiger partial charge >= 0.3 is 6.03 Å². The number of nitrogens with one attached hydrogen (secondary N) is 1. The van der Waals surface area contributed by atoms with E-state index in [0.717, 1.165) is 26.2 Å². The zero-order valence-electron chi connectivity index (χ0n) is 17.2. The molecule has 1 N–H and O–H groups in total. The Kier molecular flexibility index (Phi) is 7.20. The van der Waals surface area contributed by atoms with Crippen molar-refractivity contribution in [1.82, 2.24) is 5.32 Å². The minimum absolute atomic E-state index is 0.140. The zero-order valence-corrected chi connectivity index (χ0v) is 20.8. The number of nitrogens with zero attached hydrogens (tertiary/aromatic N) is 1. The van der Waals surface area contributed by atoms with Gasteiger partial charge in [0.2, 0.25) is 0 Å². The van der Waals surface area contributed by atoms with Gasteiger partial charge in [0.15, 0.2) is 0 Å². The normalized spacial score (nSPS) is 15.0. The molecule has 10 heteroatoms. The first-order valence-corrected chi connectivity index (χ1v) is 11.6. The number of amides is 4. The van der Waals surface area contributed by atoms with Crippen LogP contribution >= 0.6 is 45.8 Å². The molecule has 3 aromatic rings. The number of benzene rings is 3. The summed E-state index contributed by atoms with van der Waals surface area (Å²) >= 11 is 14.2. The molecule has 1 heterocycles. The molecule has 0 bridgehead atoms. The van der Waals surface area contributed by atoms with E-state index in [2.05, 4.69) is 27.9 Å². The number of hydrogen-bond acceptors (Lipinski definition) is 4. The van der Waals surface area contributed by atoms with Crippen LogP contribution in [0.15, 0.2) is 66.2 Å². The van der Waals surface area contributed by atoms with Crippen LogP contribution in [0.1, 0.15) is 11.1 Å². The molecule has 0 unspecified atom stereocenters. The second-order valence-corrected chi connectivity index (χ2v) is 9.15. The van der Waals surface area contributed by atoms with Gasteiger partial charge in [0.05, 0.1) is 9.26 Å². The number of halogens is 4. The van der Waals surface area contributed by atoms with Gasteiger partial charge in [0.1, 0.15) is 23.7 Å². The molecule has 0 saturated carbocycles. The van der Waals surface area contributed by atoms with Crippen molar-refractivity contribution in [3.05, 3.63) is 96.8 Å². The van der Waals surface area contributed by atoms with Crippen LogP contribution in [-0.4, -0.2) is 17.8 Å². The summed E-state index contributed by atoms with van der Waals surface area (Å²) in [5.41, 5.74) is 1.22. The molecule has 0 aromatic heterocycles. The summed E-state index contributed by atoms with van der Waals surface area (Å²) in [5, 5.41) is 3.15. The highest BCUT2D eigenvalue weighted by Crippen LogP contribution is 2.28. The van der Waals surface area contributed by atoms with Gasteiger partial charge in [-0.05, 0) is 82.8 Å². The molecule has 4 amide bonds. The molecular formula is C24H14Cl2FIN2O4. The second kappa shape index (κ2) is 10.1. The van der Waals surface area contributed by atoms with Crippen LogP contribution in [0, 0.1) is 9.39 Å². The van der Waals surface area contributed by atoms with E-state index in [1.54, 1.807) is 36.4 Å². The highest BCUT2D eigenvalue weighted by Gasteiger charge is 2.36. The average molecular weight is 611 g/mol. The fraction of sp³-hybridized carbons (Fsp3) is 0.0417. The van der Waals surface area contributed by atoms with Crippen molar-refractivity contribution in [1.29, 1.82) is 0 Å². The van der Waals surface area contributed by atoms with E-state index in [4.69, 9.17) is 27.9 Å². The molecule has 0 spiro atoms. The standard InChI is InChI=1S/C24H14Cl2FIN2O4/c25-15-3-2-14(19(26)11-15)12-34-21-8-1-13(10-20(21)28)9-18-22(31)29-24(33)30(23(18)32)17-6-4-16(27)5-7-17/h1-11H,12H2,(H,29,31,33)/b18-9+. The fourth-order valence-electron chi connectivity index (χ4n) is 3.17. The molecule has 0 radical (unpaired) electrons. The Bertz CT molecular complexity index is 1350. The number of hydrogen-bond donors (Lipinski definition) is 1. The number of imide groups is 2. The lowest BCUT2D eigenvalue weighted by Crippen LogP contribution is -2.54. The van der Waals surface area contributed by atoms with E-state index in [1.807, 2.05) is 0 Å². The van der Waals surface area contributed by atoms with Gasteiger partial charge in [0.25, 0.3) is 11.8 Å². The smallest absolute Gasteiger partial charge is 0.335 e. The predicted molar refractivity (Wildman–Crippen MR) is 135 cm³/mol. The SMILES string of the molecule is O=C1NC(=O)N(c2ccc(F)cc2)C(=O)/C1=C/c1ccc(OCc2ccc(Cl)cc2Cl)c(I)c1. The monoisotopic (exact) mass is 610 g/mol. The lowest BCUT2D eigenvalue weighted by molar-refractivity contribution is -0.122. The maximum Gasteiger partial charge on any atom is 0.335 e. The summed E-state index contributed by atoms with van der Waals surface area (Å²) in [5.74, 6) is -1.57. The first-order valence-electron chi connectivity index (χ1n) is 9.76. The minimum atomic E-state index is -0.905. The molecule has 1 fully saturated rings. The van der Waals surface area contributed by atoms with Crippen molar-refractivity contribution in [2.75, 3.05) is 4.90 Å². The first-order chi connectivity index (χ1) is 16.2. The number of anilines is 1. The Morgan fingerprint density at radius 1 is 1.00 bits per heavy atom. The van der Waals surface area contributed by atoms with Crippen molar-refractivity contribution in [2.45, 2.75) is 6.61 Å². The van der Waals surface area contributed by atoms with Gasteiger partial charge in [0, 0.05) is 15.6 Å². The van der Waals surface area contributed by atoms with Crippen LogP contribution in [0.25, 0.3) is 6.08 Å². The molecular weight excluding hydrogens is 597 g/mol. The van der Waals surface area contributed by atoms with Gasteiger partial charge in [-0.2, -0.15) is 0 Å². The van der Waals surface area contributed by atoms with Crippen molar-refractivity contribution < 1.29 is 23.5 Å². The molecule has 34 heavy (non-hydrogen) atoms. The van der Waals surface area contributed by atoms with Crippen LogP contribution in [0.4, 0.5) is 14.9 Å². The van der Waals surface area contributed by atoms with Crippen LogP contribution in [0.3, 0.4) is 0 Å². The maximum absolute atomic E-state index is 13.2. The van der Waals surface area contributed by atoms with Crippen LogP contribution < -0.4 is 15.0 Å². The Labute approximate surface area is 217 Å². The second-order valence-electron chi connectivity index (χ2n) is 7.15. The molecule has 1 saturated heterocycles. The molecule has 172 valence electrons.